The predicted octanol–water partition coefficient (Wildman–Crippen LogP) is 3.46. The highest BCUT2D eigenvalue weighted by Crippen LogP contribution is 2.20. The molecule has 0 aliphatic rings. The van der Waals surface area contributed by atoms with Crippen LogP contribution in [0.4, 0.5) is 5.69 Å². The highest BCUT2D eigenvalue weighted by Gasteiger charge is 2.08. The van der Waals surface area contributed by atoms with Gasteiger partial charge >= 0.3 is 0 Å². The van der Waals surface area contributed by atoms with Crippen molar-refractivity contribution in [3.8, 4) is 5.75 Å². The number of nitrogens with one attached hydrogen (secondary N) is 1. The van der Waals surface area contributed by atoms with Gasteiger partial charge in [-0.3, -0.25) is 9.59 Å². The fourth-order valence-electron chi connectivity index (χ4n) is 2.35. The van der Waals surface area contributed by atoms with E-state index < -0.39 is 0 Å². The number of hydrogen-bond acceptors (Lipinski definition) is 3. The molecular formula is C21H26N2O3. The minimum absolute atomic E-state index is 0.0406. The molecule has 2 amide bonds. The van der Waals surface area contributed by atoms with Crippen LogP contribution in [0.3, 0.4) is 0 Å². The first kappa shape index (κ1) is 19.5. The molecule has 0 radical (unpaired) electrons. The average molecular weight is 354 g/mol. The molecule has 0 aliphatic heterocycles. The summed E-state index contributed by atoms with van der Waals surface area (Å²) in [6.07, 6.45) is 0.344. The molecule has 26 heavy (non-hydrogen) atoms. The molecule has 0 saturated carbocycles. The maximum absolute atomic E-state index is 12.1. The summed E-state index contributed by atoms with van der Waals surface area (Å²) in [5, 5.41) is 2.79. The largest absolute Gasteiger partial charge is 0.484 e. The van der Waals surface area contributed by atoms with Crippen LogP contribution in [0.15, 0.2) is 48.5 Å². The van der Waals surface area contributed by atoms with Crippen molar-refractivity contribution in [1.82, 2.24) is 4.90 Å². The van der Waals surface area contributed by atoms with Crippen LogP contribution in [-0.4, -0.2) is 37.4 Å². The summed E-state index contributed by atoms with van der Waals surface area (Å²) in [4.78, 5) is 25.3. The Labute approximate surface area is 155 Å². The van der Waals surface area contributed by atoms with Crippen LogP contribution in [0, 0.1) is 0 Å². The molecule has 2 aromatic carbocycles. The monoisotopic (exact) mass is 354 g/mol. The first-order chi connectivity index (χ1) is 12.3. The Bertz CT molecular complexity index is 752. The number of amides is 2. The molecule has 0 bridgehead atoms. The summed E-state index contributed by atoms with van der Waals surface area (Å²) in [6.45, 7) is 4.17. The standard InChI is InChI=1S/C21H26N2O3/c1-15(2)17-6-5-7-19(13-17)26-14-20(24)22-18-10-8-16(9-11-18)12-21(25)23(3)4/h5-11,13,15H,12,14H2,1-4H3,(H,22,24). The van der Waals surface area contributed by atoms with Crippen LogP contribution in [0.1, 0.15) is 30.9 Å². The second-order valence-corrected chi connectivity index (χ2v) is 6.73. The lowest BCUT2D eigenvalue weighted by molar-refractivity contribution is -0.128. The average Bonchev–Trinajstić information content (AvgIpc) is 2.61. The van der Waals surface area contributed by atoms with Gasteiger partial charge in [0, 0.05) is 19.8 Å². The van der Waals surface area contributed by atoms with E-state index in [0.29, 0.717) is 23.8 Å². The molecule has 5 nitrogen and oxygen atoms in total. The molecule has 0 unspecified atom stereocenters. The van der Waals surface area contributed by atoms with Crippen LogP contribution in [0.25, 0.3) is 0 Å². The van der Waals surface area contributed by atoms with Crippen molar-refractivity contribution in [3.05, 3.63) is 59.7 Å². The number of rotatable bonds is 7. The van der Waals surface area contributed by atoms with Gasteiger partial charge in [0.15, 0.2) is 6.61 Å². The van der Waals surface area contributed by atoms with E-state index in [9.17, 15) is 9.59 Å². The van der Waals surface area contributed by atoms with Crippen molar-refractivity contribution >= 4 is 17.5 Å². The zero-order valence-corrected chi connectivity index (χ0v) is 15.8. The topological polar surface area (TPSA) is 58.6 Å². The lowest BCUT2D eigenvalue weighted by Crippen LogP contribution is -2.23. The second kappa shape index (κ2) is 9.04. The SMILES string of the molecule is CC(C)c1cccc(OCC(=O)Nc2ccc(CC(=O)N(C)C)cc2)c1. The van der Waals surface area contributed by atoms with Crippen molar-refractivity contribution < 1.29 is 14.3 Å². The van der Waals surface area contributed by atoms with Gasteiger partial charge in [-0.15, -0.1) is 0 Å². The third-order valence-corrected chi connectivity index (χ3v) is 3.99. The molecule has 0 fully saturated rings. The van der Waals surface area contributed by atoms with E-state index >= 15 is 0 Å². The van der Waals surface area contributed by atoms with Crippen molar-refractivity contribution in [2.75, 3.05) is 26.0 Å². The van der Waals surface area contributed by atoms with Gasteiger partial charge in [0.05, 0.1) is 6.42 Å². The zero-order chi connectivity index (χ0) is 19.1. The van der Waals surface area contributed by atoms with Gasteiger partial charge in [0.2, 0.25) is 5.91 Å². The number of carbonyl (C=O) groups is 2. The molecule has 0 spiro atoms. The molecule has 2 aromatic rings. The first-order valence-electron chi connectivity index (χ1n) is 8.67. The second-order valence-electron chi connectivity index (χ2n) is 6.73. The molecule has 0 heterocycles. The van der Waals surface area contributed by atoms with Gasteiger partial charge in [-0.05, 0) is 41.3 Å². The van der Waals surface area contributed by atoms with E-state index in [1.165, 1.54) is 5.56 Å². The summed E-state index contributed by atoms with van der Waals surface area (Å²) in [5.74, 6) is 0.907. The number of benzene rings is 2. The molecule has 2 rings (SSSR count). The molecule has 1 N–H and O–H groups in total. The van der Waals surface area contributed by atoms with Crippen LogP contribution < -0.4 is 10.1 Å². The Hall–Kier alpha value is -2.82. The van der Waals surface area contributed by atoms with Gasteiger partial charge in [-0.25, -0.2) is 0 Å². The molecular weight excluding hydrogens is 328 g/mol. The maximum atomic E-state index is 12.1. The van der Waals surface area contributed by atoms with E-state index in [-0.39, 0.29) is 18.4 Å². The smallest absolute Gasteiger partial charge is 0.262 e. The van der Waals surface area contributed by atoms with E-state index in [1.807, 2.05) is 36.4 Å². The molecule has 138 valence electrons. The van der Waals surface area contributed by atoms with Crippen LogP contribution >= 0.6 is 0 Å². The van der Waals surface area contributed by atoms with E-state index in [1.54, 1.807) is 31.1 Å². The molecule has 0 saturated heterocycles. The number of nitrogens with zero attached hydrogens (tertiary/aromatic N) is 1. The lowest BCUT2D eigenvalue weighted by Gasteiger charge is -2.11. The van der Waals surface area contributed by atoms with E-state index in [2.05, 4.69) is 19.2 Å². The van der Waals surface area contributed by atoms with Crippen LogP contribution in [0.2, 0.25) is 0 Å². The van der Waals surface area contributed by atoms with Crippen molar-refractivity contribution in [2.24, 2.45) is 0 Å². The number of hydrogen-bond donors (Lipinski definition) is 1. The van der Waals surface area contributed by atoms with Crippen molar-refractivity contribution in [3.63, 3.8) is 0 Å². The normalized spacial score (nSPS) is 10.5. The Balaban J connectivity index is 1.86. The van der Waals surface area contributed by atoms with Gasteiger partial charge in [-0.2, -0.15) is 0 Å². The quantitative estimate of drug-likeness (QED) is 0.828. The first-order valence-corrected chi connectivity index (χ1v) is 8.67. The third kappa shape index (κ3) is 5.92. The predicted molar refractivity (Wildman–Crippen MR) is 103 cm³/mol. The number of anilines is 1. The number of ether oxygens (including phenoxy) is 1. The fraction of sp³-hybridized carbons (Fsp3) is 0.333. The highest BCUT2D eigenvalue weighted by atomic mass is 16.5. The van der Waals surface area contributed by atoms with Crippen molar-refractivity contribution in [2.45, 2.75) is 26.2 Å². The lowest BCUT2D eigenvalue weighted by atomic mass is 10.0. The highest BCUT2D eigenvalue weighted by molar-refractivity contribution is 5.92. The summed E-state index contributed by atoms with van der Waals surface area (Å²) in [6, 6.07) is 15.0. The molecule has 5 heteroatoms. The summed E-state index contributed by atoms with van der Waals surface area (Å²) >= 11 is 0. The summed E-state index contributed by atoms with van der Waals surface area (Å²) < 4.78 is 5.57. The summed E-state index contributed by atoms with van der Waals surface area (Å²) in [7, 11) is 3.46. The van der Waals surface area contributed by atoms with Gasteiger partial charge < -0.3 is 15.0 Å². The minimum atomic E-state index is -0.225. The molecule has 0 aliphatic carbocycles. The maximum Gasteiger partial charge on any atom is 0.262 e. The van der Waals surface area contributed by atoms with Gasteiger partial charge in [-0.1, -0.05) is 38.1 Å². The zero-order valence-electron chi connectivity index (χ0n) is 15.8. The Kier molecular flexibility index (Phi) is 6.78. The van der Waals surface area contributed by atoms with Gasteiger partial charge in [0.1, 0.15) is 5.75 Å². The van der Waals surface area contributed by atoms with E-state index in [4.69, 9.17) is 4.74 Å². The Morgan fingerprint density at radius 2 is 1.77 bits per heavy atom. The number of likely N-dealkylation sites (N-methyl/N-ethyl adjacent to an activating group) is 1. The minimum Gasteiger partial charge on any atom is -0.484 e. The van der Waals surface area contributed by atoms with Crippen molar-refractivity contribution in [1.29, 1.82) is 0 Å². The Morgan fingerprint density at radius 3 is 2.38 bits per heavy atom. The fourth-order valence-corrected chi connectivity index (χ4v) is 2.35. The number of carbonyl (C=O) groups excluding carboxylic acids is 2. The van der Waals surface area contributed by atoms with E-state index in [0.717, 1.165) is 5.56 Å². The summed E-state index contributed by atoms with van der Waals surface area (Å²) in [5.41, 5.74) is 2.75. The molecule has 0 aromatic heterocycles. The van der Waals surface area contributed by atoms with Crippen LogP contribution in [-0.2, 0) is 16.0 Å². The molecule has 0 atom stereocenters. The third-order valence-electron chi connectivity index (χ3n) is 3.99. The Morgan fingerprint density at radius 1 is 1.08 bits per heavy atom. The van der Waals surface area contributed by atoms with Crippen LogP contribution in [0.5, 0.6) is 5.75 Å². The van der Waals surface area contributed by atoms with Gasteiger partial charge in [0.25, 0.3) is 5.91 Å².